The van der Waals surface area contributed by atoms with Gasteiger partial charge in [0.05, 0.1) is 29.7 Å². The van der Waals surface area contributed by atoms with Gasteiger partial charge in [0.1, 0.15) is 0 Å². The van der Waals surface area contributed by atoms with Gasteiger partial charge >= 0.3 is 0 Å². The number of halogens is 2. The molecule has 2 aliphatic heterocycles. The quantitative estimate of drug-likeness (QED) is 0.365. The molecule has 0 bridgehead atoms. The number of likely N-dealkylation sites (tertiary alicyclic amines) is 1. The van der Waals surface area contributed by atoms with E-state index in [1.54, 1.807) is 11.3 Å². The summed E-state index contributed by atoms with van der Waals surface area (Å²) in [5, 5.41) is 3.43. The first-order valence-corrected chi connectivity index (χ1v) is 10.4. The number of nitrogens with one attached hydrogen (secondary N) is 1. The van der Waals surface area contributed by atoms with Gasteiger partial charge in [-0.25, -0.2) is 0 Å². The molecule has 0 saturated carbocycles. The Morgan fingerprint density at radius 2 is 2.15 bits per heavy atom. The normalized spacial score (nSPS) is 22.2. The van der Waals surface area contributed by atoms with Crippen LogP contribution in [0.1, 0.15) is 37.0 Å². The zero-order valence-electron chi connectivity index (χ0n) is 15.3. The van der Waals surface area contributed by atoms with E-state index in [1.807, 2.05) is 13.1 Å². The second kappa shape index (κ2) is 11.7. The molecule has 3 rings (SSSR count). The third-order valence-electron chi connectivity index (χ3n) is 4.79. The van der Waals surface area contributed by atoms with Crippen molar-refractivity contribution < 1.29 is 9.47 Å². The average Bonchev–Trinajstić information content (AvgIpc) is 3.07. The first kappa shape index (κ1) is 22.2. The maximum Gasteiger partial charge on any atom is 0.193 e. The van der Waals surface area contributed by atoms with Crippen molar-refractivity contribution in [2.45, 2.75) is 50.9 Å². The summed E-state index contributed by atoms with van der Waals surface area (Å²) in [5.74, 6) is 0.957. The van der Waals surface area contributed by atoms with Gasteiger partial charge in [-0.15, -0.1) is 35.3 Å². The van der Waals surface area contributed by atoms with Crippen LogP contribution < -0.4 is 5.32 Å². The lowest BCUT2D eigenvalue weighted by molar-refractivity contribution is -0.0721. The van der Waals surface area contributed by atoms with Crippen molar-refractivity contribution in [3.63, 3.8) is 0 Å². The number of piperidine rings is 1. The molecule has 1 aromatic heterocycles. The monoisotopic (exact) mass is 513 g/mol. The molecular weight excluding hydrogens is 485 g/mol. The fourth-order valence-electron chi connectivity index (χ4n) is 3.36. The summed E-state index contributed by atoms with van der Waals surface area (Å²) >= 11 is 7.59. The SMILES string of the molecule is CN=C(NCc1ccc(Cl)s1)N1CCC(OCC2CCCCO2)CC1.I. The molecule has 2 fully saturated rings. The van der Waals surface area contributed by atoms with Crippen LogP contribution in [0.4, 0.5) is 0 Å². The molecule has 0 spiro atoms. The van der Waals surface area contributed by atoms with Gasteiger partial charge in [0.15, 0.2) is 5.96 Å². The number of guanidine groups is 1. The van der Waals surface area contributed by atoms with Gasteiger partial charge in [-0.1, -0.05) is 11.6 Å². The molecule has 0 aromatic carbocycles. The molecule has 0 radical (unpaired) electrons. The van der Waals surface area contributed by atoms with Crippen LogP contribution in [0.5, 0.6) is 0 Å². The van der Waals surface area contributed by atoms with Gasteiger partial charge in [-0.3, -0.25) is 4.99 Å². The van der Waals surface area contributed by atoms with Crippen LogP contribution in [-0.2, 0) is 16.0 Å². The minimum atomic E-state index is 0. The summed E-state index contributed by atoms with van der Waals surface area (Å²) in [7, 11) is 1.84. The van der Waals surface area contributed by atoms with Crippen LogP contribution in [0.3, 0.4) is 0 Å². The molecule has 8 heteroatoms. The standard InChI is InChI=1S/C18H28ClN3O2S.HI/c1-20-18(21-12-16-5-6-17(19)25-16)22-9-7-14(8-10-22)24-13-15-4-2-3-11-23-15;/h5-6,14-15H,2-4,7-13H2,1H3,(H,20,21);1H. The topological polar surface area (TPSA) is 46.1 Å². The van der Waals surface area contributed by atoms with Crippen molar-refractivity contribution in [3.05, 3.63) is 21.3 Å². The Labute approximate surface area is 182 Å². The van der Waals surface area contributed by atoms with E-state index in [0.717, 1.165) is 62.4 Å². The van der Waals surface area contributed by atoms with Crippen LogP contribution in [0.2, 0.25) is 4.34 Å². The zero-order chi connectivity index (χ0) is 17.5. The van der Waals surface area contributed by atoms with E-state index in [2.05, 4.69) is 21.3 Å². The van der Waals surface area contributed by atoms with Crippen LogP contribution in [0.15, 0.2) is 17.1 Å². The highest BCUT2D eigenvalue weighted by Gasteiger charge is 2.23. The average molecular weight is 514 g/mol. The summed E-state index contributed by atoms with van der Waals surface area (Å²) in [5.41, 5.74) is 0. The van der Waals surface area contributed by atoms with Crippen LogP contribution in [0.25, 0.3) is 0 Å². The maximum absolute atomic E-state index is 6.09. The Hall–Kier alpha value is -0.0900. The van der Waals surface area contributed by atoms with Gasteiger partial charge in [0.2, 0.25) is 0 Å². The minimum Gasteiger partial charge on any atom is -0.376 e. The molecule has 1 N–H and O–H groups in total. The van der Waals surface area contributed by atoms with E-state index in [1.165, 1.54) is 17.7 Å². The van der Waals surface area contributed by atoms with Gasteiger partial charge in [0.25, 0.3) is 0 Å². The number of ether oxygens (including phenoxy) is 2. The molecule has 1 atom stereocenters. The van der Waals surface area contributed by atoms with Gasteiger partial charge in [-0.2, -0.15) is 0 Å². The molecule has 1 unspecified atom stereocenters. The highest BCUT2D eigenvalue weighted by molar-refractivity contribution is 14.0. The molecule has 0 amide bonds. The van der Waals surface area contributed by atoms with E-state index in [9.17, 15) is 0 Å². The summed E-state index contributed by atoms with van der Waals surface area (Å²) < 4.78 is 12.7. The number of thiophene rings is 1. The second-order valence-corrected chi connectivity index (χ2v) is 8.41. The number of hydrogen-bond acceptors (Lipinski definition) is 4. The number of nitrogens with zero attached hydrogens (tertiary/aromatic N) is 2. The number of rotatable bonds is 5. The van der Waals surface area contributed by atoms with Crippen molar-refractivity contribution in [1.29, 1.82) is 0 Å². The van der Waals surface area contributed by atoms with Crippen molar-refractivity contribution >= 4 is 52.9 Å². The summed E-state index contributed by atoms with van der Waals surface area (Å²) in [6.45, 7) is 4.35. The second-order valence-electron chi connectivity index (χ2n) is 6.61. The highest BCUT2D eigenvalue weighted by atomic mass is 127. The minimum absolute atomic E-state index is 0. The number of aliphatic imine (C=N–C) groups is 1. The molecule has 3 heterocycles. The first-order valence-electron chi connectivity index (χ1n) is 9.17. The zero-order valence-corrected chi connectivity index (χ0v) is 19.2. The largest absolute Gasteiger partial charge is 0.376 e. The maximum atomic E-state index is 6.09. The Morgan fingerprint density at radius 3 is 2.77 bits per heavy atom. The van der Waals surface area contributed by atoms with E-state index >= 15 is 0 Å². The van der Waals surface area contributed by atoms with Crippen LogP contribution in [0, 0.1) is 0 Å². The Balaban J connectivity index is 0.00000243. The van der Waals surface area contributed by atoms with Gasteiger partial charge in [-0.05, 0) is 44.2 Å². The van der Waals surface area contributed by atoms with E-state index in [-0.39, 0.29) is 24.0 Å². The molecule has 148 valence electrons. The van der Waals surface area contributed by atoms with E-state index in [4.69, 9.17) is 21.1 Å². The van der Waals surface area contributed by atoms with E-state index in [0.29, 0.717) is 12.2 Å². The molecule has 2 saturated heterocycles. The van der Waals surface area contributed by atoms with Gasteiger partial charge in [0, 0.05) is 31.6 Å². The summed E-state index contributed by atoms with van der Waals surface area (Å²) in [4.78, 5) is 7.95. The van der Waals surface area contributed by atoms with Crippen molar-refractivity contribution in [1.82, 2.24) is 10.2 Å². The molecular formula is C18H29ClIN3O2S. The Morgan fingerprint density at radius 1 is 1.35 bits per heavy atom. The Bertz CT molecular complexity index is 558. The molecule has 0 aliphatic carbocycles. The van der Waals surface area contributed by atoms with Gasteiger partial charge < -0.3 is 19.7 Å². The lowest BCUT2D eigenvalue weighted by Crippen LogP contribution is -2.47. The lowest BCUT2D eigenvalue weighted by atomic mass is 10.1. The van der Waals surface area contributed by atoms with Crippen molar-refractivity contribution in [2.24, 2.45) is 4.99 Å². The number of hydrogen-bond donors (Lipinski definition) is 1. The molecule has 26 heavy (non-hydrogen) atoms. The third-order valence-corrected chi connectivity index (χ3v) is 6.03. The molecule has 2 aliphatic rings. The predicted octanol–water partition coefficient (Wildman–Crippen LogP) is 4.15. The molecule has 5 nitrogen and oxygen atoms in total. The van der Waals surface area contributed by atoms with E-state index < -0.39 is 0 Å². The fourth-order valence-corrected chi connectivity index (χ4v) is 4.39. The van der Waals surface area contributed by atoms with Crippen LogP contribution >= 0.6 is 46.9 Å². The third kappa shape index (κ3) is 6.82. The van der Waals surface area contributed by atoms with Crippen LogP contribution in [-0.4, -0.2) is 56.4 Å². The highest BCUT2D eigenvalue weighted by Crippen LogP contribution is 2.21. The molecule has 1 aromatic rings. The Kier molecular flexibility index (Phi) is 9.98. The smallest absolute Gasteiger partial charge is 0.193 e. The van der Waals surface area contributed by atoms with Crippen molar-refractivity contribution in [2.75, 3.05) is 33.4 Å². The van der Waals surface area contributed by atoms with Crippen molar-refractivity contribution in [3.8, 4) is 0 Å². The summed E-state index contributed by atoms with van der Waals surface area (Å²) in [6, 6.07) is 3.99. The first-order chi connectivity index (χ1) is 12.2. The summed E-state index contributed by atoms with van der Waals surface area (Å²) in [6.07, 6.45) is 6.33. The lowest BCUT2D eigenvalue weighted by Gasteiger charge is -2.35. The predicted molar refractivity (Wildman–Crippen MR) is 119 cm³/mol. The fraction of sp³-hybridized carbons (Fsp3) is 0.722.